The third-order valence-electron chi connectivity index (χ3n) is 3.90. The lowest BCUT2D eigenvalue weighted by Gasteiger charge is -2.12. The van der Waals surface area contributed by atoms with Gasteiger partial charge in [0.2, 0.25) is 10.0 Å². The highest BCUT2D eigenvalue weighted by Crippen LogP contribution is 2.27. The van der Waals surface area contributed by atoms with Crippen LogP contribution in [0.25, 0.3) is 10.1 Å². The van der Waals surface area contributed by atoms with E-state index in [1.165, 1.54) is 50.5 Å². The van der Waals surface area contributed by atoms with E-state index in [1.54, 1.807) is 12.1 Å². The maximum atomic E-state index is 13.7. The first-order valence-corrected chi connectivity index (χ1v) is 10.3. The van der Waals surface area contributed by atoms with Gasteiger partial charge in [0, 0.05) is 29.7 Å². The highest BCUT2D eigenvalue weighted by molar-refractivity contribution is 7.89. The molecule has 146 valence electrons. The quantitative estimate of drug-likeness (QED) is 0.632. The molecule has 0 aliphatic carbocycles. The van der Waals surface area contributed by atoms with Gasteiger partial charge in [-0.2, -0.15) is 0 Å². The Kier molecular flexibility index (Phi) is 5.45. The molecule has 2 amide bonds. The Balaban J connectivity index is 1.73. The van der Waals surface area contributed by atoms with Crippen LogP contribution >= 0.6 is 11.3 Å². The maximum Gasteiger partial charge on any atom is 0.279 e. The molecule has 0 saturated heterocycles. The highest BCUT2D eigenvalue weighted by Gasteiger charge is 2.19. The van der Waals surface area contributed by atoms with Gasteiger partial charge in [0.1, 0.15) is 5.82 Å². The van der Waals surface area contributed by atoms with E-state index in [0.717, 1.165) is 15.6 Å². The number of benzene rings is 2. The predicted octanol–water partition coefficient (Wildman–Crippen LogP) is 2.37. The SMILES string of the molecule is CN(C)S(=O)(=O)c1cccc(C(=O)NNC(=O)c2cc3c(F)cccc3s2)c1. The molecule has 1 heterocycles. The van der Waals surface area contributed by atoms with Crippen LogP contribution in [0.15, 0.2) is 53.4 Å². The molecule has 0 radical (unpaired) electrons. The molecule has 0 bridgehead atoms. The summed E-state index contributed by atoms with van der Waals surface area (Å²) in [5, 5.41) is 0.325. The Labute approximate surface area is 164 Å². The molecule has 3 aromatic rings. The monoisotopic (exact) mass is 421 g/mol. The molecule has 2 N–H and O–H groups in total. The summed E-state index contributed by atoms with van der Waals surface area (Å²) in [7, 11) is -0.924. The molecule has 10 heteroatoms. The summed E-state index contributed by atoms with van der Waals surface area (Å²) in [6.07, 6.45) is 0. The fourth-order valence-electron chi connectivity index (χ4n) is 2.39. The lowest BCUT2D eigenvalue weighted by Crippen LogP contribution is -2.41. The van der Waals surface area contributed by atoms with Crippen LogP contribution in [0.3, 0.4) is 0 Å². The van der Waals surface area contributed by atoms with E-state index in [1.807, 2.05) is 0 Å². The molecule has 0 unspecified atom stereocenters. The second kappa shape index (κ2) is 7.66. The third kappa shape index (κ3) is 3.88. The number of halogens is 1. The zero-order valence-electron chi connectivity index (χ0n) is 14.9. The molecule has 1 aromatic heterocycles. The number of carbonyl (C=O) groups is 2. The Morgan fingerprint density at radius 3 is 2.36 bits per heavy atom. The van der Waals surface area contributed by atoms with Crippen molar-refractivity contribution in [2.75, 3.05) is 14.1 Å². The van der Waals surface area contributed by atoms with Crippen LogP contribution < -0.4 is 10.9 Å². The van der Waals surface area contributed by atoms with Gasteiger partial charge in [-0.15, -0.1) is 11.3 Å². The van der Waals surface area contributed by atoms with Gasteiger partial charge in [-0.3, -0.25) is 20.4 Å². The van der Waals surface area contributed by atoms with E-state index in [-0.39, 0.29) is 15.3 Å². The Morgan fingerprint density at radius 2 is 1.68 bits per heavy atom. The van der Waals surface area contributed by atoms with Crippen molar-refractivity contribution in [1.82, 2.24) is 15.2 Å². The van der Waals surface area contributed by atoms with Crippen LogP contribution in [0.4, 0.5) is 4.39 Å². The van der Waals surface area contributed by atoms with Crippen molar-refractivity contribution in [2.24, 2.45) is 0 Å². The van der Waals surface area contributed by atoms with Crippen molar-refractivity contribution in [2.45, 2.75) is 4.90 Å². The summed E-state index contributed by atoms with van der Waals surface area (Å²) in [4.78, 5) is 24.7. The van der Waals surface area contributed by atoms with Crippen molar-refractivity contribution in [1.29, 1.82) is 0 Å². The van der Waals surface area contributed by atoms with Crippen molar-refractivity contribution in [3.8, 4) is 0 Å². The summed E-state index contributed by atoms with van der Waals surface area (Å²) in [6.45, 7) is 0. The molecule has 0 saturated carbocycles. The zero-order valence-corrected chi connectivity index (χ0v) is 16.5. The van der Waals surface area contributed by atoms with Crippen molar-refractivity contribution in [3.63, 3.8) is 0 Å². The number of fused-ring (bicyclic) bond motifs is 1. The Hall–Kier alpha value is -2.82. The van der Waals surface area contributed by atoms with E-state index >= 15 is 0 Å². The van der Waals surface area contributed by atoms with Gasteiger partial charge in [0.25, 0.3) is 11.8 Å². The number of amides is 2. The minimum atomic E-state index is -3.69. The zero-order chi connectivity index (χ0) is 20.5. The number of sulfonamides is 1. The fourth-order valence-corrected chi connectivity index (χ4v) is 4.31. The molecule has 28 heavy (non-hydrogen) atoms. The standard InChI is InChI=1S/C18H16FN3O4S2/c1-22(2)28(25,26)12-6-3-5-11(9-12)17(23)20-21-18(24)16-10-13-14(19)7-4-8-15(13)27-16/h3-10H,1-2H3,(H,20,23)(H,21,24). The van der Waals surface area contributed by atoms with Gasteiger partial charge < -0.3 is 0 Å². The van der Waals surface area contributed by atoms with Gasteiger partial charge in [-0.05, 0) is 36.4 Å². The Bertz CT molecular complexity index is 1170. The van der Waals surface area contributed by atoms with Crippen molar-refractivity contribution < 1.29 is 22.4 Å². The van der Waals surface area contributed by atoms with E-state index in [4.69, 9.17) is 0 Å². The molecule has 0 fully saturated rings. The van der Waals surface area contributed by atoms with Gasteiger partial charge in [0.15, 0.2) is 0 Å². The van der Waals surface area contributed by atoms with E-state index in [2.05, 4.69) is 10.9 Å². The average molecular weight is 421 g/mol. The molecular weight excluding hydrogens is 405 g/mol. The van der Waals surface area contributed by atoms with Crippen LogP contribution in [-0.4, -0.2) is 38.6 Å². The first-order chi connectivity index (χ1) is 13.2. The minimum Gasteiger partial charge on any atom is -0.267 e. The first-order valence-electron chi connectivity index (χ1n) is 8.01. The van der Waals surface area contributed by atoms with Crippen LogP contribution in [0.5, 0.6) is 0 Å². The summed E-state index contributed by atoms with van der Waals surface area (Å²) in [5.41, 5.74) is 4.54. The fraction of sp³-hybridized carbons (Fsp3) is 0.111. The first kappa shape index (κ1) is 19.9. The number of hydrazine groups is 1. The Morgan fingerprint density at radius 1 is 1.00 bits per heavy atom. The summed E-state index contributed by atoms with van der Waals surface area (Å²) >= 11 is 1.09. The van der Waals surface area contributed by atoms with Gasteiger partial charge >= 0.3 is 0 Å². The number of rotatable bonds is 4. The molecule has 7 nitrogen and oxygen atoms in total. The number of nitrogens with one attached hydrogen (secondary N) is 2. The second-order valence-corrected chi connectivity index (χ2v) is 9.22. The van der Waals surface area contributed by atoms with Gasteiger partial charge in [-0.1, -0.05) is 12.1 Å². The van der Waals surface area contributed by atoms with Crippen LogP contribution in [0.1, 0.15) is 20.0 Å². The molecule has 0 aliphatic rings. The number of hydrogen-bond acceptors (Lipinski definition) is 5. The van der Waals surface area contributed by atoms with Crippen LogP contribution in [0, 0.1) is 5.82 Å². The molecule has 0 aliphatic heterocycles. The smallest absolute Gasteiger partial charge is 0.267 e. The lowest BCUT2D eigenvalue weighted by molar-refractivity contribution is 0.0849. The molecular formula is C18H16FN3O4S2. The highest BCUT2D eigenvalue weighted by atomic mass is 32.2. The van der Waals surface area contributed by atoms with Crippen molar-refractivity contribution in [3.05, 3.63) is 64.8 Å². The minimum absolute atomic E-state index is 0.0449. The molecule has 2 aromatic carbocycles. The van der Waals surface area contributed by atoms with Gasteiger partial charge in [-0.25, -0.2) is 17.1 Å². The van der Waals surface area contributed by atoms with Crippen LogP contribution in [0.2, 0.25) is 0 Å². The summed E-state index contributed by atoms with van der Waals surface area (Å²) in [6, 6.07) is 11.4. The number of carbonyl (C=O) groups excluding carboxylic acids is 2. The second-order valence-electron chi connectivity index (χ2n) is 5.99. The number of hydrogen-bond donors (Lipinski definition) is 2. The van der Waals surface area contributed by atoms with E-state index in [9.17, 15) is 22.4 Å². The lowest BCUT2D eigenvalue weighted by atomic mass is 10.2. The van der Waals surface area contributed by atoms with Crippen molar-refractivity contribution >= 4 is 43.3 Å². The molecule has 0 atom stereocenters. The average Bonchev–Trinajstić information content (AvgIpc) is 3.11. The third-order valence-corrected chi connectivity index (χ3v) is 6.81. The molecule has 0 spiro atoms. The van der Waals surface area contributed by atoms with E-state index in [0.29, 0.717) is 10.1 Å². The van der Waals surface area contributed by atoms with E-state index < -0.39 is 27.7 Å². The maximum absolute atomic E-state index is 13.7. The number of nitrogens with zero attached hydrogens (tertiary/aromatic N) is 1. The van der Waals surface area contributed by atoms with Gasteiger partial charge in [0.05, 0.1) is 9.77 Å². The molecule has 3 rings (SSSR count). The van der Waals surface area contributed by atoms with Crippen LogP contribution in [-0.2, 0) is 10.0 Å². The predicted molar refractivity (Wildman–Crippen MR) is 104 cm³/mol. The summed E-state index contributed by atoms with van der Waals surface area (Å²) < 4.78 is 39.7. The number of thiophene rings is 1. The summed E-state index contributed by atoms with van der Waals surface area (Å²) in [5.74, 6) is -1.72. The topological polar surface area (TPSA) is 95.6 Å². The normalized spacial score (nSPS) is 11.6. The largest absolute Gasteiger partial charge is 0.279 e.